The predicted octanol–water partition coefficient (Wildman–Crippen LogP) is 4.75. The largest absolute Gasteiger partial charge is 0.361 e. The molecule has 2 aromatic carbocycles. The first-order valence-electron chi connectivity index (χ1n) is 9.42. The molecule has 29 heavy (non-hydrogen) atoms. The lowest BCUT2D eigenvalue weighted by molar-refractivity contribution is 1.16. The summed E-state index contributed by atoms with van der Waals surface area (Å²) < 4.78 is 0. The van der Waals surface area contributed by atoms with Gasteiger partial charge in [0.05, 0.1) is 11.3 Å². The Morgan fingerprint density at radius 2 is 1.66 bits per heavy atom. The van der Waals surface area contributed by atoms with E-state index in [0.717, 1.165) is 33.9 Å². The number of fused-ring (bicyclic) bond motifs is 3. The summed E-state index contributed by atoms with van der Waals surface area (Å²) in [6.45, 7) is 0. The van der Waals surface area contributed by atoms with Crippen molar-refractivity contribution >= 4 is 33.7 Å². The Morgan fingerprint density at radius 1 is 0.897 bits per heavy atom. The smallest absolute Gasteiger partial charge is 0.257 e. The van der Waals surface area contributed by atoms with Gasteiger partial charge < -0.3 is 9.97 Å². The Kier molecular flexibility index (Phi) is 4.26. The van der Waals surface area contributed by atoms with Gasteiger partial charge in [-0.15, -0.1) is 0 Å². The van der Waals surface area contributed by atoms with Crippen LogP contribution in [0.2, 0.25) is 0 Å². The summed E-state index contributed by atoms with van der Waals surface area (Å²) in [4.78, 5) is 27.2. The third kappa shape index (κ3) is 3.34. The molecule has 5 aromatic rings. The number of aliphatic imine (C=N–C) groups is 1. The zero-order valence-corrected chi connectivity index (χ0v) is 15.6. The van der Waals surface area contributed by atoms with E-state index in [2.05, 4.69) is 32.1 Å². The van der Waals surface area contributed by atoms with Gasteiger partial charge in [0.1, 0.15) is 0 Å². The van der Waals surface area contributed by atoms with E-state index in [1.807, 2.05) is 54.7 Å². The molecule has 3 aromatic heterocycles. The minimum absolute atomic E-state index is 0.130. The molecule has 0 spiro atoms. The first kappa shape index (κ1) is 17.1. The number of rotatable bonds is 4. The fourth-order valence-corrected chi connectivity index (χ4v) is 3.60. The lowest BCUT2D eigenvalue weighted by Gasteiger charge is -2.02. The average Bonchev–Trinajstić information content (AvgIpc) is 3.09. The lowest BCUT2D eigenvalue weighted by Crippen LogP contribution is -2.04. The number of pyridine rings is 2. The van der Waals surface area contributed by atoms with Crippen molar-refractivity contribution in [3.63, 3.8) is 0 Å². The Balaban J connectivity index is 1.47. The summed E-state index contributed by atoms with van der Waals surface area (Å²) in [6, 6.07) is 19.9. The lowest BCUT2D eigenvalue weighted by atomic mass is 10.1. The molecule has 0 aliphatic rings. The van der Waals surface area contributed by atoms with E-state index in [4.69, 9.17) is 0 Å². The van der Waals surface area contributed by atoms with E-state index < -0.39 is 0 Å². The first-order valence-corrected chi connectivity index (χ1v) is 9.42. The van der Waals surface area contributed by atoms with Crippen molar-refractivity contribution in [3.05, 3.63) is 106 Å². The zero-order valence-electron chi connectivity index (χ0n) is 15.6. The van der Waals surface area contributed by atoms with Crippen LogP contribution in [-0.2, 0) is 6.42 Å². The highest BCUT2D eigenvalue weighted by Gasteiger charge is 2.11. The predicted molar refractivity (Wildman–Crippen MR) is 117 cm³/mol. The molecule has 0 unspecified atom stereocenters. The molecule has 0 aliphatic carbocycles. The van der Waals surface area contributed by atoms with Crippen LogP contribution in [-0.4, -0.2) is 21.2 Å². The number of aromatic nitrogens is 3. The summed E-state index contributed by atoms with van der Waals surface area (Å²) in [6.07, 6.45) is 7.99. The normalized spacial score (nSPS) is 11.6. The van der Waals surface area contributed by atoms with Crippen LogP contribution in [0.25, 0.3) is 21.8 Å². The van der Waals surface area contributed by atoms with Crippen LogP contribution in [0.4, 0.5) is 5.69 Å². The third-order valence-electron chi connectivity index (χ3n) is 5.04. The van der Waals surface area contributed by atoms with Crippen molar-refractivity contribution in [2.24, 2.45) is 4.99 Å². The number of nitrogens with zero attached hydrogens (tertiary/aromatic N) is 2. The minimum atomic E-state index is -0.130. The monoisotopic (exact) mass is 378 g/mol. The van der Waals surface area contributed by atoms with E-state index in [1.54, 1.807) is 18.6 Å². The summed E-state index contributed by atoms with van der Waals surface area (Å²) in [7, 11) is 0. The van der Waals surface area contributed by atoms with Crippen LogP contribution in [0.5, 0.6) is 0 Å². The molecule has 5 rings (SSSR count). The Morgan fingerprint density at radius 3 is 2.48 bits per heavy atom. The van der Waals surface area contributed by atoms with E-state index >= 15 is 0 Å². The van der Waals surface area contributed by atoms with Crippen molar-refractivity contribution in [3.8, 4) is 0 Å². The molecule has 0 fully saturated rings. The standard InChI is InChI=1S/C24H18N4O/c29-24-20(23-19-2-1-11-26-21(19)7-8-22(23)28-24)15-27-18-5-3-16(4-6-18)14-17-9-12-25-13-10-17/h1-13,15,26H,14H2,(H,28,29). The molecular weight excluding hydrogens is 360 g/mol. The van der Waals surface area contributed by atoms with E-state index in [-0.39, 0.29) is 5.56 Å². The van der Waals surface area contributed by atoms with Gasteiger partial charge in [0.15, 0.2) is 0 Å². The van der Waals surface area contributed by atoms with Gasteiger partial charge in [0, 0.05) is 46.6 Å². The van der Waals surface area contributed by atoms with Crippen molar-refractivity contribution in [1.82, 2.24) is 15.0 Å². The van der Waals surface area contributed by atoms with E-state index in [9.17, 15) is 4.79 Å². The van der Waals surface area contributed by atoms with Gasteiger partial charge in [-0.2, -0.15) is 0 Å². The molecule has 140 valence electrons. The molecule has 0 aliphatic heterocycles. The molecule has 0 saturated carbocycles. The van der Waals surface area contributed by atoms with Crippen LogP contribution in [0, 0.1) is 0 Å². The van der Waals surface area contributed by atoms with Crippen molar-refractivity contribution in [1.29, 1.82) is 0 Å². The SMILES string of the molecule is O=c1[nH]c2ccc3[nH]cccc3c2c1C=Nc1ccc(Cc2ccncc2)cc1. The number of hydrogen-bond acceptors (Lipinski definition) is 3. The zero-order chi connectivity index (χ0) is 19.6. The van der Waals surface area contributed by atoms with Gasteiger partial charge >= 0.3 is 0 Å². The van der Waals surface area contributed by atoms with Crippen LogP contribution in [0.3, 0.4) is 0 Å². The molecule has 0 amide bonds. The highest BCUT2D eigenvalue weighted by molar-refractivity contribution is 6.13. The highest BCUT2D eigenvalue weighted by Crippen LogP contribution is 2.24. The van der Waals surface area contributed by atoms with Crippen molar-refractivity contribution in [2.75, 3.05) is 0 Å². The molecule has 3 heterocycles. The number of nitrogens with one attached hydrogen (secondary N) is 2. The summed E-state index contributed by atoms with van der Waals surface area (Å²) >= 11 is 0. The van der Waals surface area contributed by atoms with Gasteiger partial charge in [-0.05, 0) is 60.0 Å². The number of hydrogen-bond donors (Lipinski definition) is 2. The number of benzene rings is 2. The molecule has 0 atom stereocenters. The summed E-state index contributed by atoms with van der Waals surface area (Å²) in [5.74, 6) is 0. The summed E-state index contributed by atoms with van der Waals surface area (Å²) in [5.41, 5.74) is 5.47. The fraction of sp³-hybridized carbons (Fsp3) is 0.0417. The van der Waals surface area contributed by atoms with Crippen LogP contribution < -0.4 is 5.56 Å². The van der Waals surface area contributed by atoms with Crippen LogP contribution in [0.1, 0.15) is 16.7 Å². The van der Waals surface area contributed by atoms with Gasteiger partial charge in [-0.1, -0.05) is 18.2 Å². The Hall–Kier alpha value is -3.99. The third-order valence-corrected chi connectivity index (χ3v) is 5.04. The van der Waals surface area contributed by atoms with E-state index in [0.29, 0.717) is 5.56 Å². The Labute approximate surface area is 166 Å². The minimum Gasteiger partial charge on any atom is -0.361 e. The van der Waals surface area contributed by atoms with Gasteiger partial charge in [-0.3, -0.25) is 14.8 Å². The number of aromatic amines is 2. The maximum absolute atomic E-state index is 12.5. The molecule has 0 bridgehead atoms. The highest BCUT2D eigenvalue weighted by atomic mass is 16.1. The quantitative estimate of drug-likeness (QED) is 0.443. The molecule has 0 saturated heterocycles. The maximum atomic E-state index is 12.5. The molecule has 5 nitrogen and oxygen atoms in total. The average molecular weight is 378 g/mol. The fourth-order valence-electron chi connectivity index (χ4n) is 3.60. The molecule has 5 heteroatoms. The molecule has 2 N–H and O–H groups in total. The second-order valence-corrected chi connectivity index (χ2v) is 6.94. The second kappa shape index (κ2) is 7.20. The molecular formula is C24H18N4O. The first-order chi connectivity index (χ1) is 14.3. The topological polar surface area (TPSA) is 73.9 Å². The van der Waals surface area contributed by atoms with Gasteiger partial charge in [0.25, 0.3) is 5.56 Å². The number of H-pyrrole nitrogens is 2. The molecule has 0 radical (unpaired) electrons. The summed E-state index contributed by atoms with van der Waals surface area (Å²) in [5, 5.41) is 1.89. The second-order valence-electron chi connectivity index (χ2n) is 6.94. The van der Waals surface area contributed by atoms with Crippen LogP contribution >= 0.6 is 0 Å². The van der Waals surface area contributed by atoms with Crippen molar-refractivity contribution in [2.45, 2.75) is 6.42 Å². The van der Waals surface area contributed by atoms with Gasteiger partial charge in [-0.25, -0.2) is 0 Å². The van der Waals surface area contributed by atoms with Gasteiger partial charge in [0.2, 0.25) is 0 Å². The van der Waals surface area contributed by atoms with Crippen LogP contribution in [0.15, 0.2) is 89.0 Å². The van der Waals surface area contributed by atoms with Crippen molar-refractivity contribution < 1.29 is 0 Å². The van der Waals surface area contributed by atoms with E-state index in [1.165, 1.54) is 11.1 Å². The Bertz CT molecular complexity index is 1380. The maximum Gasteiger partial charge on any atom is 0.257 e.